The van der Waals surface area contributed by atoms with Crippen molar-refractivity contribution in [2.45, 2.75) is 31.7 Å². The molecule has 6 heteroatoms. The molecule has 26 heavy (non-hydrogen) atoms. The second kappa shape index (κ2) is 7.15. The Balaban J connectivity index is 1.35. The van der Waals surface area contributed by atoms with Gasteiger partial charge in [0.2, 0.25) is 0 Å². The Morgan fingerprint density at radius 3 is 3.12 bits per heavy atom. The number of nitrogens with zero attached hydrogens (tertiary/aromatic N) is 3. The number of carbonyl (C=O) groups excluding carboxylic acids is 1. The van der Waals surface area contributed by atoms with Crippen LogP contribution in [0.2, 0.25) is 0 Å². The van der Waals surface area contributed by atoms with Gasteiger partial charge in [0.15, 0.2) is 0 Å². The number of aromatic nitrogens is 3. The zero-order valence-corrected chi connectivity index (χ0v) is 14.9. The Bertz CT molecular complexity index is 928. The van der Waals surface area contributed by atoms with Gasteiger partial charge in [0.05, 0.1) is 17.8 Å². The molecule has 134 valence electrons. The normalized spacial score (nSPS) is 16.3. The molecule has 1 atom stereocenters. The summed E-state index contributed by atoms with van der Waals surface area (Å²) in [5.74, 6) is 0. The number of nitrogens with one attached hydrogen (secondary N) is 2. The average molecular weight is 349 g/mol. The maximum Gasteiger partial charge on any atom is 0.315 e. The van der Waals surface area contributed by atoms with Crippen molar-refractivity contribution < 1.29 is 4.79 Å². The lowest BCUT2D eigenvalue weighted by Crippen LogP contribution is -2.39. The summed E-state index contributed by atoms with van der Waals surface area (Å²) < 4.78 is 1.91. The number of pyridine rings is 1. The molecular formula is C20H23N5O. The van der Waals surface area contributed by atoms with E-state index in [9.17, 15) is 4.79 Å². The van der Waals surface area contributed by atoms with E-state index in [2.05, 4.69) is 38.9 Å². The summed E-state index contributed by atoms with van der Waals surface area (Å²) in [7, 11) is 1.96. The van der Waals surface area contributed by atoms with Gasteiger partial charge < -0.3 is 10.6 Å². The SMILES string of the molecule is Cn1ncc2c1CCC[C@H]2NC(=O)NCCc1cccc2cccnc12. The van der Waals surface area contributed by atoms with Crippen LogP contribution in [0, 0.1) is 0 Å². The van der Waals surface area contributed by atoms with Gasteiger partial charge in [-0.15, -0.1) is 0 Å². The van der Waals surface area contributed by atoms with Crippen molar-refractivity contribution in [3.63, 3.8) is 0 Å². The van der Waals surface area contributed by atoms with Crippen molar-refractivity contribution >= 4 is 16.9 Å². The first-order valence-corrected chi connectivity index (χ1v) is 9.10. The maximum absolute atomic E-state index is 12.3. The van der Waals surface area contributed by atoms with E-state index >= 15 is 0 Å². The summed E-state index contributed by atoms with van der Waals surface area (Å²) in [6.07, 6.45) is 7.49. The van der Waals surface area contributed by atoms with Gasteiger partial charge in [-0.2, -0.15) is 5.10 Å². The second-order valence-corrected chi connectivity index (χ2v) is 6.76. The van der Waals surface area contributed by atoms with E-state index in [1.807, 2.05) is 30.1 Å². The fourth-order valence-electron chi connectivity index (χ4n) is 3.75. The fourth-order valence-corrected chi connectivity index (χ4v) is 3.75. The molecule has 6 nitrogen and oxygen atoms in total. The van der Waals surface area contributed by atoms with Crippen LogP contribution in [0.3, 0.4) is 0 Å². The number of para-hydroxylation sites is 1. The third-order valence-electron chi connectivity index (χ3n) is 5.08. The van der Waals surface area contributed by atoms with Crippen molar-refractivity contribution in [1.82, 2.24) is 25.4 Å². The molecule has 0 aliphatic heterocycles. The minimum absolute atomic E-state index is 0.0478. The number of benzene rings is 1. The summed E-state index contributed by atoms with van der Waals surface area (Å²) in [5, 5.41) is 11.5. The topological polar surface area (TPSA) is 71.8 Å². The van der Waals surface area contributed by atoms with Crippen LogP contribution >= 0.6 is 0 Å². The quantitative estimate of drug-likeness (QED) is 0.761. The average Bonchev–Trinajstić information content (AvgIpc) is 3.04. The standard InChI is InChI=1S/C20H23N5O/c1-25-18-9-3-8-17(16(18)13-23-25)24-20(26)22-12-10-15-6-2-5-14-7-4-11-21-19(14)15/h2,4-7,11,13,17H,3,8-10,12H2,1H3,(H2,22,24,26)/t17-/m1/s1. The van der Waals surface area contributed by atoms with E-state index in [4.69, 9.17) is 0 Å². The van der Waals surface area contributed by atoms with Crippen molar-refractivity contribution in [3.05, 3.63) is 59.5 Å². The summed E-state index contributed by atoms with van der Waals surface area (Å²) in [5.41, 5.74) is 4.52. The van der Waals surface area contributed by atoms with Gasteiger partial charge in [-0.1, -0.05) is 24.3 Å². The predicted molar refractivity (Wildman–Crippen MR) is 101 cm³/mol. The van der Waals surface area contributed by atoms with Gasteiger partial charge in [0.25, 0.3) is 0 Å². The highest BCUT2D eigenvalue weighted by Crippen LogP contribution is 2.28. The number of hydrogen-bond acceptors (Lipinski definition) is 3. The van der Waals surface area contributed by atoms with Crippen LogP contribution < -0.4 is 10.6 Å². The third-order valence-corrected chi connectivity index (χ3v) is 5.08. The highest BCUT2D eigenvalue weighted by atomic mass is 16.2. The van der Waals surface area contributed by atoms with E-state index in [1.165, 1.54) is 5.69 Å². The lowest BCUT2D eigenvalue weighted by molar-refractivity contribution is 0.235. The fraction of sp³-hybridized carbons (Fsp3) is 0.350. The zero-order valence-electron chi connectivity index (χ0n) is 14.9. The van der Waals surface area contributed by atoms with Crippen LogP contribution in [0.25, 0.3) is 10.9 Å². The molecule has 1 aliphatic carbocycles. The number of carbonyl (C=O) groups is 1. The molecule has 1 aromatic carbocycles. The second-order valence-electron chi connectivity index (χ2n) is 6.76. The molecule has 4 rings (SSSR count). The Morgan fingerprint density at radius 2 is 2.19 bits per heavy atom. The van der Waals surface area contributed by atoms with E-state index in [-0.39, 0.29) is 12.1 Å². The van der Waals surface area contributed by atoms with Crippen LogP contribution in [-0.2, 0) is 19.9 Å². The molecule has 1 aliphatic rings. The first kappa shape index (κ1) is 16.6. The molecule has 2 N–H and O–H groups in total. The number of aryl methyl sites for hydroxylation is 1. The van der Waals surface area contributed by atoms with E-state index < -0.39 is 0 Å². The number of amides is 2. The lowest BCUT2D eigenvalue weighted by atomic mass is 9.93. The summed E-state index contributed by atoms with van der Waals surface area (Å²) >= 11 is 0. The molecule has 2 heterocycles. The molecule has 0 saturated heterocycles. The molecule has 3 aromatic rings. The number of urea groups is 1. The molecule has 0 unspecified atom stereocenters. The maximum atomic E-state index is 12.3. The molecule has 2 amide bonds. The van der Waals surface area contributed by atoms with Crippen LogP contribution in [0.5, 0.6) is 0 Å². The number of hydrogen-bond donors (Lipinski definition) is 2. The Kier molecular flexibility index (Phi) is 4.56. The van der Waals surface area contributed by atoms with Crippen LogP contribution in [0.4, 0.5) is 4.79 Å². The van der Waals surface area contributed by atoms with Gasteiger partial charge >= 0.3 is 6.03 Å². The molecule has 0 spiro atoms. The highest BCUT2D eigenvalue weighted by molar-refractivity contribution is 5.81. The van der Waals surface area contributed by atoms with Gasteiger partial charge in [-0.05, 0) is 37.3 Å². The largest absolute Gasteiger partial charge is 0.338 e. The molecular weight excluding hydrogens is 326 g/mol. The first-order chi connectivity index (χ1) is 12.7. The Hall–Kier alpha value is -2.89. The smallest absolute Gasteiger partial charge is 0.315 e. The zero-order chi connectivity index (χ0) is 17.9. The van der Waals surface area contributed by atoms with Crippen LogP contribution in [0.15, 0.2) is 42.7 Å². The molecule has 0 bridgehead atoms. The molecule has 0 radical (unpaired) electrons. The van der Waals surface area contributed by atoms with Gasteiger partial charge in [0.1, 0.15) is 0 Å². The Labute approximate surface area is 152 Å². The van der Waals surface area contributed by atoms with E-state index in [1.54, 1.807) is 6.20 Å². The third kappa shape index (κ3) is 3.27. The summed E-state index contributed by atoms with van der Waals surface area (Å²) in [6.45, 7) is 0.578. The minimum Gasteiger partial charge on any atom is -0.338 e. The van der Waals surface area contributed by atoms with Gasteiger partial charge in [-0.3, -0.25) is 9.67 Å². The van der Waals surface area contributed by atoms with Crippen molar-refractivity contribution in [2.75, 3.05) is 6.54 Å². The Morgan fingerprint density at radius 1 is 1.31 bits per heavy atom. The van der Waals surface area contributed by atoms with Gasteiger partial charge in [0, 0.05) is 36.4 Å². The first-order valence-electron chi connectivity index (χ1n) is 9.10. The van der Waals surface area contributed by atoms with Crippen molar-refractivity contribution in [3.8, 4) is 0 Å². The monoisotopic (exact) mass is 349 g/mol. The van der Waals surface area contributed by atoms with E-state index in [0.29, 0.717) is 6.54 Å². The summed E-state index contributed by atoms with van der Waals surface area (Å²) in [6, 6.07) is 10.1. The van der Waals surface area contributed by atoms with Crippen LogP contribution in [0.1, 0.15) is 35.7 Å². The molecule has 0 fully saturated rings. The minimum atomic E-state index is -0.125. The van der Waals surface area contributed by atoms with E-state index in [0.717, 1.165) is 47.7 Å². The predicted octanol–water partition coefficient (Wildman–Crippen LogP) is 2.89. The van der Waals surface area contributed by atoms with Crippen molar-refractivity contribution in [1.29, 1.82) is 0 Å². The number of rotatable bonds is 4. The molecule has 0 saturated carbocycles. The molecule has 2 aromatic heterocycles. The van der Waals surface area contributed by atoms with Gasteiger partial charge in [-0.25, -0.2) is 4.79 Å². The number of fused-ring (bicyclic) bond motifs is 2. The van der Waals surface area contributed by atoms with Crippen molar-refractivity contribution in [2.24, 2.45) is 7.05 Å². The highest BCUT2D eigenvalue weighted by Gasteiger charge is 2.24. The van der Waals surface area contributed by atoms with Crippen LogP contribution in [-0.4, -0.2) is 27.3 Å². The summed E-state index contributed by atoms with van der Waals surface area (Å²) in [4.78, 5) is 16.8. The lowest BCUT2D eigenvalue weighted by Gasteiger charge is -2.24.